The van der Waals surface area contributed by atoms with Gasteiger partial charge in [-0.3, -0.25) is 4.79 Å². The number of rotatable bonds is 10. The topological polar surface area (TPSA) is 77.3 Å². The Morgan fingerprint density at radius 1 is 0.935 bits per heavy atom. The first kappa shape index (κ1) is 28.8. The van der Waals surface area contributed by atoms with Gasteiger partial charge in [0.05, 0.1) is 14.2 Å². The number of likely N-dealkylation sites (N-methyl/N-ethyl adjacent to an activating group) is 2. The summed E-state index contributed by atoms with van der Waals surface area (Å²) in [7, 11) is 7.13. The van der Waals surface area contributed by atoms with E-state index in [1.807, 2.05) is 38.1 Å². The maximum atomic E-state index is 13.0. The summed E-state index contributed by atoms with van der Waals surface area (Å²) in [6.07, 6.45) is 0. The van der Waals surface area contributed by atoms with Crippen molar-refractivity contribution in [3.05, 3.63) is 47.5 Å². The molecule has 0 unspecified atom stereocenters. The molecule has 31 heavy (non-hydrogen) atoms. The summed E-state index contributed by atoms with van der Waals surface area (Å²) < 4.78 is 16.8. The highest BCUT2D eigenvalue weighted by molar-refractivity contribution is 5.95. The third-order valence-corrected chi connectivity index (χ3v) is 4.60. The number of hydrogen-bond acceptors (Lipinski definition) is 6. The van der Waals surface area contributed by atoms with Gasteiger partial charge < -0.3 is 29.7 Å². The zero-order chi connectivity index (χ0) is 21.4. The lowest BCUT2D eigenvalue weighted by Gasteiger charge is -2.23. The molecule has 0 bridgehead atoms. The summed E-state index contributed by atoms with van der Waals surface area (Å²) in [5.41, 5.74) is 7.16. The number of nitrogens with zero attached hydrogens (tertiary/aromatic N) is 2. The van der Waals surface area contributed by atoms with Gasteiger partial charge in [-0.15, -0.1) is 24.8 Å². The summed E-state index contributed by atoms with van der Waals surface area (Å²) in [5, 5.41) is 0. The van der Waals surface area contributed by atoms with Gasteiger partial charge in [0.2, 0.25) is 0 Å². The van der Waals surface area contributed by atoms with E-state index in [-0.39, 0.29) is 30.7 Å². The highest BCUT2D eigenvalue weighted by atomic mass is 35.5. The molecule has 0 radical (unpaired) electrons. The standard InChI is InChI=1S/C22H31N3O4.2ClH/c1-6-25(12-11-24(2)3)22(26)16-8-10-19(27-4)21(13-16)29-18-9-7-17(15-23)20(14-18)28-5;;/h7-10,13-14H,6,11-12,15,23H2,1-5H3;2*1H. The first-order valence-corrected chi connectivity index (χ1v) is 9.60. The van der Waals surface area contributed by atoms with Crippen molar-refractivity contribution in [1.29, 1.82) is 0 Å². The van der Waals surface area contributed by atoms with Crippen molar-refractivity contribution in [3.63, 3.8) is 0 Å². The molecule has 0 aliphatic rings. The Morgan fingerprint density at radius 2 is 1.61 bits per heavy atom. The molecule has 1 amide bonds. The summed E-state index contributed by atoms with van der Waals surface area (Å²) in [6, 6.07) is 10.6. The molecule has 0 spiro atoms. The number of amides is 1. The minimum absolute atomic E-state index is 0. The van der Waals surface area contributed by atoms with Gasteiger partial charge in [-0.1, -0.05) is 6.07 Å². The zero-order valence-electron chi connectivity index (χ0n) is 18.7. The predicted octanol–water partition coefficient (Wildman–Crippen LogP) is 3.82. The lowest BCUT2D eigenvalue weighted by atomic mass is 10.1. The number of benzene rings is 2. The molecule has 2 rings (SSSR count). The molecule has 9 heteroatoms. The van der Waals surface area contributed by atoms with Gasteiger partial charge in [-0.25, -0.2) is 0 Å². The summed E-state index contributed by atoms with van der Waals surface area (Å²) in [4.78, 5) is 16.8. The second kappa shape index (κ2) is 14.0. The van der Waals surface area contributed by atoms with Crippen molar-refractivity contribution in [2.24, 2.45) is 5.73 Å². The third kappa shape index (κ3) is 7.78. The Balaban J connectivity index is 0.00000450. The van der Waals surface area contributed by atoms with Gasteiger partial charge in [0, 0.05) is 43.4 Å². The smallest absolute Gasteiger partial charge is 0.254 e. The highest BCUT2D eigenvalue weighted by Gasteiger charge is 2.17. The highest BCUT2D eigenvalue weighted by Crippen LogP contribution is 2.34. The van der Waals surface area contributed by atoms with Crippen LogP contribution in [0.2, 0.25) is 0 Å². The minimum Gasteiger partial charge on any atom is -0.496 e. The molecule has 0 heterocycles. The van der Waals surface area contributed by atoms with Crippen molar-refractivity contribution in [2.45, 2.75) is 13.5 Å². The van der Waals surface area contributed by atoms with E-state index in [1.54, 1.807) is 38.5 Å². The average molecular weight is 474 g/mol. The molecule has 0 aliphatic carbocycles. The van der Waals surface area contributed by atoms with Crippen LogP contribution in [-0.4, -0.2) is 63.7 Å². The van der Waals surface area contributed by atoms with E-state index in [4.69, 9.17) is 19.9 Å². The van der Waals surface area contributed by atoms with Crippen molar-refractivity contribution in [2.75, 3.05) is 47.9 Å². The maximum absolute atomic E-state index is 13.0. The largest absolute Gasteiger partial charge is 0.496 e. The first-order valence-electron chi connectivity index (χ1n) is 9.60. The molecule has 0 fully saturated rings. The molecule has 0 saturated carbocycles. The molecular formula is C22H33Cl2N3O4. The maximum Gasteiger partial charge on any atom is 0.254 e. The van der Waals surface area contributed by atoms with Crippen LogP contribution in [0.15, 0.2) is 36.4 Å². The Bertz CT molecular complexity index is 834. The van der Waals surface area contributed by atoms with E-state index >= 15 is 0 Å². The Kier molecular flexibility index (Phi) is 13.0. The molecule has 2 aromatic rings. The average Bonchev–Trinajstić information content (AvgIpc) is 2.73. The quantitative estimate of drug-likeness (QED) is 0.564. The lowest BCUT2D eigenvalue weighted by molar-refractivity contribution is 0.0754. The van der Waals surface area contributed by atoms with Crippen molar-refractivity contribution < 1.29 is 19.0 Å². The van der Waals surface area contributed by atoms with Crippen LogP contribution in [0.25, 0.3) is 0 Å². The normalized spacial score (nSPS) is 10.0. The molecule has 174 valence electrons. The second-order valence-electron chi connectivity index (χ2n) is 6.83. The van der Waals surface area contributed by atoms with E-state index in [1.165, 1.54) is 0 Å². The van der Waals surface area contributed by atoms with Crippen molar-refractivity contribution in [1.82, 2.24) is 9.80 Å². The third-order valence-electron chi connectivity index (χ3n) is 4.60. The number of methoxy groups -OCH3 is 2. The number of hydrogen-bond donors (Lipinski definition) is 1. The van der Waals surface area contributed by atoms with Gasteiger partial charge in [0.25, 0.3) is 5.91 Å². The molecule has 2 N–H and O–H groups in total. The van der Waals surface area contributed by atoms with Crippen LogP contribution in [0.1, 0.15) is 22.8 Å². The molecule has 0 atom stereocenters. The summed E-state index contributed by atoms with van der Waals surface area (Å²) in [6.45, 7) is 4.43. The summed E-state index contributed by atoms with van der Waals surface area (Å²) >= 11 is 0. The Labute approximate surface area is 197 Å². The van der Waals surface area contributed by atoms with Crippen molar-refractivity contribution in [3.8, 4) is 23.0 Å². The van der Waals surface area contributed by atoms with E-state index in [9.17, 15) is 4.79 Å². The fourth-order valence-corrected chi connectivity index (χ4v) is 2.88. The van der Waals surface area contributed by atoms with Gasteiger partial charge in [-0.05, 0) is 45.3 Å². The van der Waals surface area contributed by atoms with Crippen LogP contribution in [-0.2, 0) is 6.54 Å². The van der Waals surface area contributed by atoms with Gasteiger partial charge in [0.15, 0.2) is 11.5 Å². The number of carbonyl (C=O) groups is 1. The predicted molar refractivity (Wildman–Crippen MR) is 129 cm³/mol. The first-order chi connectivity index (χ1) is 13.9. The molecule has 0 aliphatic heterocycles. The van der Waals surface area contributed by atoms with Crippen LogP contribution < -0.4 is 19.9 Å². The van der Waals surface area contributed by atoms with Crippen LogP contribution >= 0.6 is 24.8 Å². The van der Waals surface area contributed by atoms with E-state index < -0.39 is 0 Å². The fraction of sp³-hybridized carbons (Fsp3) is 0.409. The summed E-state index contributed by atoms with van der Waals surface area (Å²) in [5.74, 6) is 2.18. The molecule has 2 aromatic carbocycles. The van der Waals surface area contributed by atoms with E-state index in [2.05, 4.69) is 4.90 Å². The van der Waals surface area contributed by atoms with Crippen LogP contribution in [0.3, 0.4) is 0 Å². The second-order valence-corrected chi connectivity index (χ2v) is 6.83. The Hall–Kier alpha value is -2.19. The van der Waals surface area contributed by atoms with Crippen LogP contribution in [0.5, 0.6) is 23.0 Å². The molecular weight excluding hydrogens is 441 g/mol. The number of halogens is 2. The number of carbonyl (C=O) groups excluding carboxylic acids is 1. The molecule has 0 saturated heterocycles. The van der Waals surface area contributed by atoms with Gasteiger partial charge >= 0.3 is 0 Å². The number of ether oxygens (including phenoxy) is 3. The lowest BCUT2D eigenvalue weighted by Crippen LogP contribution is -2.36. The molecule has 7 nitrogen and oxygen atoms in total. The Morgan fingerprint density at radius 3 is 2.16 bits per heavy atom. The van der Waals surface area contributed by atoms with Gasteiger partial charge in [-0.2, -0.15) is 0 Å². The van der Waals surface area contributed by atoms with E-state index in [0.717, 1.165) is 12.1 Å². The van der Waals surface area contributed by atoms with Crippen LogP contribution in [0, 0.1) is 0 Å². The zero-order valence-corrected chi connectivity index (χ0v) is 20.3. The van der Waals surface area contributed by atoms with Crippen LogP contribution in [0.4, 0.5) is 0 Å². The fourth-order valence-electron chi connectivity index (χ4n) is 2.88. The SMILES string of the molecule is CCN(CCN(C)C)C(=O)c1ccc(OC)c(Oc2ccc(CN)c(OC)c2)c1.Cl.Cl. The molecule has 0 aromatic heterocycles. The van der Waals surface area contributed by atoms with Crippen molar-refractivity contribution >= 4 is 30.7 Å². The van der Waals surface area contributed by atoms with E-state index in [0.29, 0.717) is 48.2 Å². The minimum atomic E-state index is -0.0436. The number of nitrogens with two attached hydrogens (primary N) is 1. The monoisotopic (exact) mass is 473 g/mol. The van der Waals surface area contributed by atoms with Gasteiger partial charge in [0.1, 0.15) is 11.5 Å².